The Kier molecular flexibility index (Phi) is 5.33. The molecular formula is C24H27FN4O3. The second-order valence-corrected chi connectivity index (χ2v) is 9.70. The first-order valence-electron chi connectivity index (χ1n) is 10.6. The van der Waals surface area contributed by atoms with Crippen molar-refractivity contribution in [3.8, 4) is 23.2 Å². The summed E-state index contributed by atoms with van der Waals surface area (Å²) in [7, 11) is 0. The first kappa shape index (κ1) is 22.0. The monoisotopic (exact) mass is 438 g/mol. The number of rotatable bonds is 4. The Morgan fingerprint density at radius 2 is 1.81 bits per heavy atom. The Morgan fingerprint density at radius 1 is 1.19 bits per heavy atom. The van der Waals surface area contributed by atoms with Gasteiger partial charge in [-0.3, -0.25) is 0 Å². The smallest absolute Gasteiger partial charge is 0.410 e. The molecule has 168 valence electrons. The van der Waals surface area contributed by atoms with Gasteiger partial charge in [0.15, 0.2) is 0 Å². The summed E-state index contributed by atoms with van der Waals surface area (Å²) in [5.74, 6) is 0.435. The number of fused-ring (bicyclic) bond motifs is 1. The van der Waals surface area contributed by atoms with Crippen LogP contribution in [0.2, 0.25) is 0 Å². The third-order valence-electron chi connectivity index (χ3n) is 5.80. The lowest BCUT2D eigenvalue weighted by atomic mass is 9.94. The van der Waals surface area contributed by atoms with Gasteiger partial charge in [-0.15, -0.1) is 0 Å². The average molecular weight is 439 g/mol. The van der Waals surface area contributed by atoms with E-state index in [1.165, 1.54) is 12.1 Å². The number of nitrogens with zero attached hydrogens (tertiary/aromatic N) is 3. The number of amides is 1. The van der Waals surface area contributed by atoms with Crippen molar-refractivity contribution in [2.24, 2.45) is 17.6 Å². The van der Waals surface area contributed by atoms with Gasteiger partial charge in [0.25, 0.3) is 0 Å². The summed E-state index contributed by atoms with van der Waals surface area (Å²) >= 11 is 0. The molecule has 1 unspecified atom stereocenters. The van der Waals surface area contributed by atoms with E-state index in [2.05, 4.69) is 11.1 Å². The van der Waals surface area contributed by atoms with Gasteiger partial charge in [-0.05, 0) is 63.6 Å². The standard InChI is InChI=1S/C24H27FN4O3/c1-23(2,3)32-22(30)29-11-17-18(12-29)21(17)31-20-10-15(24(4,27)13-26)9-19(28-20)14-5-7-16(25)8-6-14/h5-10,17-18,21H,11-12,27H2,1-4H3/t17-,18+,21-,24?. The number of likely N-dealkylation sites (tertiary alicyclic amines) is 1. The number of hydrogen-bond acceptors (Lipinski definition) is 6. The van der Waals surface area contributed by atoms with Gasteiger partial charge in [0.05, 0.1) is 11.8 Å². The molecule has 2 aromatic rings. The topological polar surface area (TPSA) is 101 Å². The van der Waals surface area contributed by atoms with Crippen LogP contribution in [0.15, 0.2) is 36.4 Å². The maximum absolute atomic E-state index is 13.4. The summed E-state index contributed by atoms with van der Waals surface area (Å²) < 4.78 is 25.0. The van der Waals surface area contributed by atoms with Gasteiger partial charge in [0.2, 0.25) is 5.88 Å². The second-order valence-electron chi connectivity index (χ2n) is 9.70. The molecule has 7 nitrogen and oxygen atoms in total. The van der Waals surface area contributed by atoms with Crippen molar-refractivity contribution in [3.63, 3.8) is 0 Å². The highest BCUT2D eigenvalue weighted by Crippen LogP contribution is 2.48. The normalized spacial score (nSPS) is 23.7. The van der Waals surface area contributed by atoms with Gasteiger partial charge < -0.3 is 20.1 Å². The molecule has 1 aromatic carbocycles. The van der Waals surface area contributed by atoms with E-state index < -0.39 is 11.1 Å². The molecule has 2 N–H and O–H groups in total. The molecule has 0 spiro atoms. The van der Waals surface area contributed by atoms with Crippen molar-refractivity contribution in [3.05, 3.63) is 47.8 Å². The summed E-state index contributed by atoms with van der Waals surface area (Å²) in [6.07, 6.45) is -0.376. The van der Waals surface area contributed by atoms with Crippen LogP contribution in [0.4, 0.5) is 9.18 Å². The van der Waals surface area contributed by atoms with E-state index in [0.29, 0.717) is 35.8 Å². The van der Waals surface area contributed by atoms with Gasteiger partial charge in [0, 0.05) is 36.6 Å². The summed E-state index contributed by atoms with van der Waals surface area (Å²) in [5.41, 5.74) is 6.19. The number of halogens is 1. The summed E-state index contributed by atoms with van der Waals surface area (Å²) in [5, 5.41) is 9.49. The van der Waals surface area contributed by atoms with Gasteiger partial charge >= 0.3 is 6.09 Å². The van der Waals surface area contributed by atoms with Crippen molar-refractivity contribution < 1.29 is 18.7 Å². The van der Waals surface area contributed by atoms with E-state index in [4.69, 9.17) is 15.2 Å². The molecule has 1 aromatic heterocycles. The van der Waals surface area contributed by atoms with Crippen LogP contribution in [-0.4, -0.2) is 40.8 Å². The number of benzene rings is 1. The molecule has 1 aliphatic carbocycles. The first-order chi connectivity index (χ1) is 15.0. The molecule has 4 atom stereocenters. The lowest BCUT2D eigenvalue weighted by Gasteiger charge is -2.26. The van der Waals surface area contributed by atoms with Crippen molar-refractivity contribution in [2.45, 2.75) is 44.9 Å². The van der Waals surface area contributed by atoms with Crippen molar-refractivity contribution >= 4 is 6.09 Å². The maximum Gasteiger partial charge on any atom is 0.410 e. The van der Waals surface area contributed by atoms with E-state index >= 15 is 0 Å². The summed E-state index contributed by atoms with van der Waals surface area (Å²) in [6, 6.07) is 11.4. The highest BCUT2D eigenvalue weighted by atomic mass is 19.1. The number of hydrogen-bond donors (Lipinski definition) is 1. The van der Waals surface area contributed by atoms with E-state index in [0.717, 1.165) is 0 Å². The minimum atomic E-state index is -1.23. The van der Waals surface area contributed by atoms with E-state index in [1.54, 1.807) is 36.1 Å². The second kappa shape index (κ2) is 7.75. The fourth-order valence-electron chi connectivity index (χ4n) is 3.96. The molecular weight excluding hydrogens is 411 g/mol. The number of nitriles is 1. The predicted molar refractivity (Wildman–Crippen MR) is 116 cm³/mol. The van der Waals surface area contributed by atoms with Crippen LogP contribution in [0.5, 0.6) is 5.88 Å². The summed E-state index contributed by atoms with van der Waals surface area (Å²) in [4.78, 5) is 18.6. The van der Waals surface area contributed by atoms with Crippen LogP contribution in [0, 0.1) is 29.0 Å². The van der Waals surface area contributed by atoms with Crippen LogP contribution in [-0.2, 0) is 10.3 Å². The van der Waals surface area contributed by atoms with Gasteiger partial charge in [-0.25, -0.2) is 14.2 Å². The van der Waals surface area contributed by atoms with E-state index in [-0.39, 0.29) is 29.9 Å². The number of carbonyl (C=O) groups excluding carboxylic acids is 1. The van der Waals surface area contributed by atoms with Crippen LogP contribution in [0.1, 0.15) is 33.3 Å². The van der Waals surface area contributed by atoms with Gasteiger partial charge in [-0.1, -0.05) is 0 Å². The van der Waals surface area contributed by atoms with Crippen LogP contribution in [0.3, 0.4) is 0 Å². The van der Waals surface area contributed by atoms with Crippen molar-refractivity contribution in [1.29, 1.82) is 5.26 Å². The molecule has 0 radical (unpaired) electrons. The number of carbonyl (C=O) groups is 1. The lowest BCUT2D eigenvalue weighted by molar-refractivity contribution is 0.0252. The Bertz CT molecular complexity index is 1060. The Hall–Kier alpha value is -3.18. The average Bonchev–Trinajstić information content (AvgIpc) is 3.15. The van der Waals surface area contributed by atoms with E-state index in [9.17, 15) is 14.4 Å². The molecule has 1 aliphatic heterocycles. The fourth-order valence-corrected chi connectivity index (χ4v) is 3.96. The highest BCUT2D eigenvalue weighted by molar-refractivity contribution is 5.69. The molecule has 1 saturated carbocycles. The number of piperidine rings is 1. The lowest BCUT2D eigenvalue weighted by Crippen LogP contribution is -2.38. The minimum Gasteiger partial charge on any atom is -0.474 e. The summed E-state index contributed by atoms with van der Waals surface area (Å²) in [6.45, 7) is 8.29. The highest BCUT2D eigenvalue weighted by Gasteiger charge is 2.59. The fraction of sp³-hybridized carbons (Fsp3) is 0.458. The van der Waals surface area contributed by atoms with Gasteiger partial charge in [-0.2, -0.15) is 5.26 Å². The Labute approximate surface area is 186 Å². The third kappa shape index (κ3) is 4.53. The number of pyridine rings is 1. The molecule has 2 fully saturated rings. The molecule has 1 amide bonds. The largest absolute Gasteiger partial charge is 0.474 e. The first-order valence-corrected chi connectivity index (χ1v) is 10.6. The molecule has 2 aliphatic rings. The zero-order valence-electron chi connectivity index (χ0n) is 18.6. The molecule has 4 rings (SSSR count). The number of aromatic nitrogens is 1. The zero-order chi connectivity index (χ0) is 23.3. The molecule has 0 bridgehead atoms. The quantitative estimate of drug-likeness (QED) is 0.779. The van der Waals surface area contributed by atoms with Crippen molar-refractivity contribution in [2.75, 3.05) is 13.1 Å². The number of nitrogens with two attached hydrogens (primary N) is 1. The Morgan fingerprint density at radius 3 is 2.38 bits per heavy atom. The molecule has 8 heteroatoms. The van der Waals surface area contributed by atoms with Gasteiger partial charge in [0.1, 0.15) is 23.1 Å². The zero-order valence-corrected chi connectivity index (χ0v) is 18.6. The predicted octanol–water partition coefficient (Wildman–Crippen LogP) is 3.83. The Balaban J connectivity index is 1.51. The molecule has 32 heavy (non-hydrogen) atoms. The van der Waals surface area contributed by atoms with Crippen molar-refractivity contribution in [1.82, 2.24) is 9.88 Å². The number of ether oxygens (including phenoxy) is 2. The maximum atomic E-state index is 13.4. The molecule has 2 heterocycles. The van der Waals surface area contributed by atoms with E-state index in [1.807, 2.05) is 20.8 Å². The SMILES string of the molecule is CC(C)(C)OC(=O)N1C[C@@H]2[C@H](C1)[C@@H]2Oc1cc(C(C)(N)C#N)cc(-c2ccc(F)cc2)n1. The minimum absolute atomic E-state index is 0.0661. The van der Waals surface area contributed by atoms with Crippen LogP contribution < -0.4 is 10.5 Å². The third-order valence-corrected chi connectivity index (χ3v) is 5.80. The molecule has 1 saturated heterocycles. The van der Waals surface area contributed by atoms with Crippen LogP contribution >= 0.6 is 0 Å². The van der Waals surface area contributed by atoms with Crippen LogP contribution in [0.25, 0.3) is 11.3 Å².